The van der Waals surface area contributed by atoms with Gasteiger partial charge in [-0.05, 0) is 64.1 Å². The van der Waals surface area contributed by atoms with Crippen molar-refractivity contribution >= 4 is 6.21 Å². The Morgan fingerprint density at radius 2 is 2.00 bits per heavy atom. The highest BCUT2D eigenvalue weighted by atomic mass is 16.6. The van der Waals surface area contributed by atoms with E-state index in [1.165, 1.54) is 12.0 Å². The van der Waals surface area contributed by atoms with Crippen LogP contribution in [0.25, 0.3) is 0 Å². The summed E-state index contributed by atoms with van der Waals surface area (Å²) in [7, 11) is 4.05. The lowest BCUT2D eigenvalue weighted by Gasteiger charge is -2.48. The van der Waals surface area contributed by atoms with Gasteiger partial charge in [-0.3, -0.25) is 0 Å². The smallest absolute Gasteiger partial charge is 0.129 e. The Bertz CT molecular complexity index is 603. The van der Waals surface area contributed by atoms with Crippen LogP contribution in [0.4, 0.5) is 0 Å². The number of aliphatic hydroxyl groups is 1. The van der Waals surface area contributed by atoms with Gasteiger partial charge in [-0.15, -0.1) is 0 Å². The predicted molar refractivity (Wildman–Crippen MR) is 106 cm³/mol. The topological polar surface area (TPSA) is 45.1 Å². The second-order valence-electron chi connectivity index (χ2n) is 8.78. The van der Waals surface area contributed by atoms with E-state index in [-0.39, 0.29) is 5.41 Å². The van der Waals surface area contributed by atoms with E-state index in [1.807, 2.05) is 20.3 Å². The highest BCUT2D eigenvalue weighted by Crippen LogP contribution is 2.58. The average molecular weight is 359 g/mol. The number of fused-ring (bicyclic) bond motifs is 1. The van der Waals surface area contributed by atoms with E-state index in [2.05, 4.69) is 47.3 Å². The minimum Gasteiger partial charge on any atom is -0.395 e. The molecule has 1 aromatic carbocycles. The maximum Gasteiger partial charge on any atom is 0.129 e. The van der Waals surface area contributed by atoms with Crippen LogP contribution in [0.5, 0.6) is 0 Å². The van der Waals surface area contributed by atoms with Crippen LogP contribution in [0.15, 0.2) is 35.5 Å². The molecule has 4 heteroatoms. The van der Waals surface area contributed by atoms with Crippen LogP contribution >= 0.6 is 0 Å². The van der Waals surface area contributed by atoms with Gasteiger partial charge in [-0.1, -0.05) is 42.4 Å². The Balaban J connectivity index is 1.58. The van der Waals surface area contributed by atoms with Gasteiger partial charge in [0.2, 0.25) is 0 Å². The molecule has 2 aliphatic rings. The summed E-state index contributed by atoms with van der Waals surface area (Å²) in [5.74, 6) is 0.882. The molecule has 0 bridgehead atoms. The molecule has 0 aliphatic heterocycles. The second kappa shape index (κ2) is 8.10. The van der Waals surface area contributed by atoms with Gasteiger partial charge in [-0.2, -0.15) is 0 Å². The van der Waals surface area contributed by atoms with Gasteiger partial charge in [0.05, 0.1) is 5.60 Å². The van der Waals surface area contributed by atoms with Crippen molar-refractivity contribution in [2.45, 2.75) is 51.0 Å². The molecule has 26 heavy (non-hydrogen) atoms. The monoisotopic (exact) mass is 358 g/mol. The lowest BCUT2D eigenvalue weighted by Crippen LogP contribution is -2.50. The maximum atomic E-state index is 11.5. The van der Waals surface area contributed by atoms with Crippen LogP contribution in [-0.2, 0) is 11.3 Å². The number of benzene rings is 1. The lowest BCUT2D eigenvalue weighted by molar-refractivity contribution is -0.106. The third kappa shape index (κ3) is 4.12. The number of rotatable bonds is 7. The number of hydrogen-bond donors (Lipinski definition) is 1. The van der Waals surface area contributed by atoms with Crippen molar-refractivity contribution < 1.29 is 9.94 Å². The Kier molecular flexibility index (Phi) is 6.03. The summed E-state index contributed by atoms with van der Waals surface area (Å²) in [5.41, 5.74) is 0.745. The van der Waals surface area contributed by atoms with E-state index in [9.17, 15) is 5.11 Å². The molecular weight excluding hydrogens is 324 g/mol. The van der Waals surface area contributed by atoms with Crippen molar-refractivity contribution in [3.8, 4) is 0 Å². The summed E-state index contributed by atoms with van der Waals surface area (Å²) >= 11 is 0. The molecule has 0 unspecified atom stereocenters. The first-order chi connectivity index (χ1) is 12.4. The third-order valence-corrected chi connectivity index (χ3v) is 6.76. The van der Waals surface area contributed by atoms with Gasteiger partial charge in [-0.25, -0.2) is 0 Å². The molecule has 144 valence electrons. The zero-order valence-electron chi connectivity index (χ0n) is 16.5. The Morgan fingerprint density at radius 1 is 1.23 bits per heavy atom. The first kappa shape index (κ1) is 19.4. The Hall–Kier alpha value is -1.39. The van der Waals surface area contributed by atoms with Gasteiger partial charge in [0.25, 0.3) is 0 Å². The number of hydrogen-bond acceptors (Lipinski definition) is 4. The second-order valence-corrected chi connectivity index (χ2v) is 8.78. The fourth-order valence-electron chi connectivity index (χ4n) is 4.93. The summed E-state index contributed by atoms with van der Waals surface area (Å²) < 4.78 is 0. The van der Waals surface area contributed by atoms with E-state index < -0.39 is 5.60 Å². The minimum absolute atomic E-state index is 0.0748. The van der Waals surface area contributed by atoms with E-state index >= 15 is 0 Å². The van der Waals surface area contributed by atoms with Crippen LogP contribution in [0.2, 0.25) is 0 Å². The van der Waals surface area contributed by atoms with Crippen molar-refractivity contribution in [3.63, 3.8) is 0 Å². The van der Waals surface area contributed by atoms with Crippen molar-refractivity contribution in [1.82, 2.24) is 4.90 Å². The zero-order chi connectivity index (χ0) is 18.6. The minimum atomic E-state index is -0.564. The number of likely N-dealkylation sites (N-methyl/N-ethyl adjacent to an activating group) is 1. The van der Waals surface area contributed by atoms with Crippen molar-refractivity contribution in [2.75, 3.05) is 27.2 Å². The molecule has 0 spiro atoms. The third-order valence-electron chi connectivity index (χ3n) is 6.76. The quantitative estimate of drug-likeness (QED) is 0.459. The predicted octanol–water partition coefficient (Wildman–Crippen LogP) is 3.74. The van der Waals surface area contributed by atoms with Crippen LogP contribution in [0.3, 0.4) is 0 Å². The Labute approximate surface area is 158 Å². The first-order valence-electron chi connectivity index (χ1n) is 9.99. The maximum absolute atomic E-state index is 11.5. The fourth-order valence-corrected chi connectivity index (χ4v) is 4.93. The molecule has 4 atom stereocenters. The summed E-state index contributed by atoms with van der Waals surface area (Å²) in [6.07, 6.45) is 8.07. The molecule has 0 radical (unpaired) electrons. The SMILES string of the molecule is CN(C)CCO/N=C/[C@H]1CC[C@]2(O)C[C@@H](Cc3ccccc3)CC[C@]12C. The van der Waals surface area contributed by atoms with Gasteiger partial charge in [0.15, 0.2) is 0 Å². The first-order valence-corrected chi connectivity index (χ1v) is 9.99. The van der Waals surface area contributed by atoms with E-state index in [0.29, 0.717) is 18.4 Å². The highest BCUT2D eigenvalue weighted by molar-refractivity contribution is 5.62. The van der Waals surface area contributed by atoms with Crippen molar-refractivity contribution in [2.24, 2.45) is 22.4 Å². The standard InChI is InChI=1S/C22H34N2O2/c1-21-11-9-19(15-18-7-5-4-6-8-18)16-22(21,25)12-10-20(21)17-23-26-14-13-24(2)3/h4-8,17,19-20,25H,9-16H2,1-3H3/b23-17+/t19-,20-,21-,22+/m1/s1. The van der Waals surface area contributed by atoms with Gasteiger partial charge in [0.1, 0.15) is 6.61 Å². The Morgan fingerprint density at radius 3 is 2.73 bits per heavy atom. The van der Waals surface area contributed by atoms with Crippen LogP contribution < -0.4 is 0 Å². The van der Waals surface area contributed by atoms with Crippen LogP contribution in [0.1, 0.15) is 44.6 Å². The van der Waals surface area contributed by atoms with Gasteiger partial charge < -0.3 is 14.8 Å². The zero-order valence-corrected chi connectivity index (χ0v) is 16.5. The van der Waals surface area contributed by atoms with Crippen LogP contribution in [0, 0.1) is 17.3 Å². The largest absolute Gasteiger partial charge is 0.395 e. The van der Waals surface area contributed by atoms with Crippen molar-refractivity contribution in [1.29, 1.82) is 0 Å². The number of oxime groups is 1. The highest BCUT2D eigenvalue weighted by Gasteiger charge is 2.58. The summed E-state index contributed by atoms with van der Waals surface area (Å²) in [6.45, 7) is 3.73. The molecule has 3 rings (SSSR count). The molecule has 0 aromatic heterocycles. The molecule has 0 heterocycles. The summed E-state index contributed by atoms with van der Waals surface area (Å²) in [6, 6.07) is 10.7. The molecular formula is C22H34N2O2. The van der Waals surface area contributed by atoms with Crippen molar-refractivity contribution in [3.05, 3.63) is 35.9 Å². The number of nitrogens with zero attached hydrogens (tertiary/aromatic N) is 2. The van der Waals surface area contributed by atoms with E-state index in [0.717, 1.165) is 38.6 Å². The van der Waals surface area contributed by atoms with E-state index in [4.69, 9.17) is 4.84 Å². The molecule has 0 amide bonds. The molecule has 1 aromatic rings. The molecule has 2 saturated carbocycles. The molecule has 1 N–H and O–H groups in total. The van der Waals surface area contributed by atoms with Gasteiger partial charge >= 0.3 is 0 Å². The van der Waals surface area contributed by atoms with Crippen LogP contribution in [-0.4, -0.2) is 49.1 Å². The normalized spacial score (nSPS) is 34.3. The fraction of sp³-hybridized carbons (Fsp3) is 0.682. The molecule has 2 fully saturated rings. The summed E-state index contributed by atoms with van der Waals surface area (Å²) in [4.78, 5) is 7.49. The average Bonchev–Trinajstić information content (AvgIpc) is 2.86. The van der Waals surface area contributed by atoms with E-state index in [1.54, 1.807) is 0 Å². The molecule has 4 nitrogen and oxygen atoms in total. The lowest BCUT2D eigenvalue weighted by atomic mass is 9.59. The summed E-state index contributed by atoms with van der Waals surface area (Å²) in [5, 5.41) is 15.7. The molecule has 0 saturated heterocycles. The molecule has 2 aliphatic carbocycles. The van der Waals surface area contributed by atoms with Gasteiger partial charge in [0, 0.05) is 24.1 Å².